The van der Waals surface area contributed by atoms with Crippen molar-refractivity contribution in [3.05, 3.63) is 58.7 Å². The number of carbonyl (C=O) groups is 1. The van der Waals surface area contributed by atoms with Crippen LogP contribution in [0.25, 0.3) is 10.9 Å². The first-order valence-electron chi connectivity index (χ1n) is 8.52. The number of aromatic nitrogens is 2. The standard InChI is InChI=1S/C19H19N3O3S/c23-19(15-5-7-20-16-4-2-1-3-14(15)16)22-17-6-8-24-10-18(17)25-9-13-11-26-12-21-13/h1-5,7,11-12,17-18H,6,8-10H2,(H,22,23)/t17-,18-/m1/s1. The van der Waals surface area contributed by atoms with Crippen molar-refractivity contribution < 1.29 is 14.3 Å². The fourth-order valence-electron chi connectivity index (χ4n) is 3.08. The number of ether oxygens (including phenoxy) is 2. The van der Waals surface area contributed by atoms with E-state index < -0.39 is 0 Å². The fourth-order valence-corrected chi connectivity index (χ4v) is 3.63. The molecule has 134 valence electrons. The Hall–Kier alpha value is -2.35. The van der Waals surface area contributed by atoms with Crippen LogP contribution in [-0.4, -0.2) is 41.2 Å². The van der Waals surface area contributed by atoms with Crippen LogP contribution in [0.5, 0.6) is 0 Å². The molecule has 1 aromatic carbocycles. The molecule has 0 saturated carbocycles. The molecule has 0 unspecified atom stereocenters. The first kappa shape index (κ1) is 17.1. The van der Waals surface area contributed by atoms with Crippen LogP contribution in [0.3, 0.4) is 0 Å². The second-order valence-corrected chi connectivity index (χ2v) is 6.87. The summed E-state index contributed by atoms with van der Waals surface area (Å²) in [5, 5.41) is 5.92. The van der Waals surface area contributed by atoms with Crippen LogP contribution in [0.2, 0.25) is 0 Å². The zero-order chi connectivity index (χ0) is 17.8. The number of amides is 1. The third-order valence-electron chi connectivity index (χ3n) is 4.44. The summed E-state index contributed by atoms with van der Waals surface area (Å²) in [7, 11) is 0. The molecule has 3 aromatic rings. The highest BCUT2D eigenvalue weighted by molar-refractivity contribution is 7.07. The molecule has 4 rings (SSSR count). The lowest BCUT2D eigenvalue weighted by Crippen LogP contribution is -2.50. The maximum Gasteiger partial charge on any atom is 0.252 e. The number of para-hydroxylation sites is 1. The molecule has 1 fully saturated rings. The second-order valence-electron chi connectivity index (χ2n) is 6.15. The summed E-state index contributed by atoms with van der Waals surface area (Å²) in [6.07, 6.45) is 2.19. The van der Waals surface area contributed by atoms with E-state index in [9.17, 15) is 4.79 Å². The Kier molecular flexibility index (Phi) is 5.19. The van der Waals surface area contributed by atoms with Gasteiger partial charge in [-0.15, -0.1) is 11.3 Å². The van der Waals surface area contributed by atoms with Gasteiger partial charge in [0.25, 0.3) is 5.91 Å². The lowest BCUT2D eigenvalue weighted by Gasteiger charge is -2.32. The molecule has 1 saturated heterocycles. The molecule has 2 aromatic heterocycles. The van der Waals surface area contributed by atoms with Crippen molar-refractivity contribution in [3.8, 4) is 0 Å². The Morgan fingerprint density at radius 2 is 2.23 bits per heavy atom. The monoisotopic (exact) mass is 369 g/mol. The zero-order valence-corrected chi connectivity index (χ0v) is 14.9. The Morgan fingerprint density at radius 3 is 3.12 bits per heavy atom. The number of pyridine rings is 1. The average Bonchev–Trinajstić information content (AvgIpc) is 3.20. The maximum absolute atomic E-state index is 12.9. The predicted octanol–water partition coefficient (Wildman–Crippen LogP) is 2.80. The fraction of sp³-hybridized carbons (Fsp3) is 0.316. The van der Waals surface area contributed by atoms with Crippen LogP contribution >= 0.6 is 11.3 Å². The van der Waals surface area contributed by atoms with E-state index in [2.05, 4.69) is 15.3 Å². The Labute approximate surface area is 155 Å². The van der Waals surface area contributed by atoms with Gasteiger partial charge in [0.2, 0.25) is 0 Å². The van der Waals surface area contributed by atoms with Crippen molar-refractivity contribution in [1.29, 1.82) is 0 Å². The number of nitrogens with one attached hydrogen (secondary N) is 1. The quantitative estimate of drug-likeness (QED) is 0.749. The van der Waals surface area contributed by atoms with Crippen LogP contribution in [0.15, 0.2) is 47.4 Å². The molecule has 2 atom stereocenters. The number of benzene rings is 1. The Bertz CT molecular complexity index is 879. The summed E-state index contributed by atoms with van der Waals surface area (Å²) < 4.78 is 11.5. The van der Waals surface area contributed by atoms with Gasteiger partial charge in [-0.05, 0) is 18.6 Å². The highest BCUT2D eigenvalue weighted by atomic mass is 32.1. The van der Waals surface area contributed by atoms with Gasteiger partial charge in [0.1, 0.15) is 6.10 Å². The number of hydrogen-bond donors (Lipinski definition) is 1. The third kappa shape index (κ3) is 3.75. The lowest BCUT2D eigenvalue weighted by atomic mass is 10.0. The minimum Gasteiger partial charge on any atom is -0.379 e. The zero-order valence-electron chi connectivity index (χ0n) is 14.1. The largest absolute Gasteiger partial charge is 0.379 e. The highest BCUT2D eigenvalue weighted by Gasteiger charge is 2.28. The van der Waals surface area contributed by atoms with Gasteiger partial charge >= 0.3 is 0 Å². The second kappa shape index (κ2) is 7.90. The van der Waals surface area contributed by atoms with E-state index in [1.807, 2.05) is 29.6 Å². The summed E-state index contributed by atoms with van der Waals surface area (Å²) in [6, 6.07) is 9.30. The molecule has 1 amide bonds. The molecule has 1 N–H and O–H groups in total. The van der Waals surface area contributed by atoms with Crippen molar-refractivity contribution in [2.45, 2.75) is 25.2 Å². The first-order chi connectivity index (χ1) is 12.8. The molecule has 0 bridgehead atoms. The number of rotatable bonds is 5. The third-order valence-corrected chi connectivity index (χ3v) is 5.08. The van der Waals surface area contributed by atoms with E-state index >= 15 is 0 Å². The van der Waals surface area contributed by atoms with Crippen molar-refractivity contribution in [2.75, 3.05) is 13.2 Å². The molecule has 0 radical (unpaired) electrons. The summed E-state index contributed by atoms with van der Waals surface area (Å²) in [4.78, 5) is 21.4. The molecule has 0 spiro atoms. The van der Waals surface area contributed by atoms with Gasteiger partial charge in [-0.1, -0.05) is 18.2 Å². The molecule has 6 nitrogen and oxygen atoms in total. The highest BCUT2D eigenvalue weighted by Crippen LogP contribution is 2.18. The van der Waals surface area contributed by atoms with Crippen LogP contribution in [0, 0.1) is 0 Å². The van der Waals surface area contributed by atoms with Crippen LogP contribution in [-0.2, 0) is 16.1 Å². The van der Waals surface area contributed by atoms with Crippen molar-refractivity contribution >= 4 is 28.1 Å². The summed E-state index contributed by atoms with van der Waals surface area (Å²) in [5.74, 6) is -0.113. The lowest BCUT2D eigenvalue weighted by molar-refractivity contribution is -0.0742. The van der Waals surface area contributed by atoms with Gasteiger partial charge < -0.3 is 14.8 Å². The minimum absolute atomic E-state index is 0.0955. The summed E-state index contributed by atoms with van der Waals surface area (Å²) in [5.41, 5.74) is 4.11. The Balaban J connectivity index is 1.47. The maximum atomic E-state index is 12.9. The van der Waals surface area contributed by atoms with E-state index in [0.29, 0.717) is 25.4 Å². The first-order valence-corrected chi connectivity index (χ1v) is 9.46. The van der Waals surface area contributed by atoms with Crippen LogP contribution < -0.4 is 5.32 Å². The minimum atomic E-state index is -0.192. The van der Waals surface area contributed by atoms with Crippen LogP contribution in [0.4, 0.5) is 0 Å². The molecule has 26 heavy (non-hydrogen) atoms. The normalized spacial score (nSPS) is 20.2. The molecule has 1 aliphatic heterocycles. The van der Waals surface area contributed by atoms with E-state index in [4.69, 9.17) is 9.47 Å². The van der Waals surface area contributed by atoms with Gasteiger partial charge in [0.05, 0.1) is 41.5 Å². The van der Waals surface area contributed by atoms with E-state index in [-0.39, 0.29) is 18.1 Å². The number of fused-ring (bicyclic) bond motifs is 1. The number of nitrogens with zero attached hydrogens (tertiary/aromatic N) is 2. The van der Waals surface area contributed by atoms with Gasteiger partial charge in [-0.3, -0.25) is 9.78 Å². The number of carbonyl (C=O) groups excluding carboxylic acids is 1. The Morgan fingerprint density at radius 1 is 1.31 bits per heavy atom. The van der Waals surface area contributed by atoms with Gasteiger partial charge in [0, 0.05) is 23.6 Å². The van der Waals surface area contributed by atoms with Gasteiger partial charge in [0.15, 0.2) is 0 Å². The SMILES string of the molecule is O=C(N[C@@H]1CCOC[C@H]1OCc1cscn1)c1ccnc2ccccc12. The molecule has 7 heteroatoms. The number of thiazole rings is 1. The van der Waals surface area contributed by atoms with Crippen molar-refractivity contribution in [1.82, 2.24) is 15.3 Å². The van der Waals surface area contributed by atoms with E-state index in [1.165, 1.54) is 11.3 Å². The summed E-state index contributed by atoms with van der Waals surface area (Å²) in [6.45, 7) is 1.49. The topological polar surface area (TPSA) is 73.3 Å². The molecule has 3 heterocycles. The van der Waals surface area contributed by atoms with E-state index in [0.717, 1.165) is 23.0 Å². The molecular formula is C19H19N3O3S. The van der Waals surface area contributed by atoms with Gasteiger partial charge in [-0.25, -0.2) is 4.98 Å². The molecule has 0 aliphatic carbocycles. The molecule has 1 aliphatic rings. The van der Waals surface area contributed by atoms with E-state index in [1.54, 1.807) is 17.8 Å². The summed E-state index contributed by atoms with van der Waals surface area (Å²) >= 11 is 1.54. The smallest absolute Gasteiger partial charge is 0.252 e. The average molecular weight is 369 g/mol. The number of hydrogen-bond acceptors (Lipinski definition) is 6. The molecular weight excluding hydrogens is 350 g/mol. The van der Waals surface area contributed by atoms with Crippen molar-refractivity contribution in [3.63, 3.8) is 0 Å². The predicted molar refractivity (Wildman–Crippen MR) is 99.1 cm³/mol. The van der Waals surface area contributed by atoms with Crippen LogP contribution in [0.1, 0.15) is 22.5 Å². The van der Waals surface area contributed by atoms with Crippen molar-refractivity contribution in [2.24, 2.45) is 0 Å². The van der Waals surface area contributed by atoms with Gasteiger partial charge in [-0.2, -0.15) is 0 Å².